The fourth-order valence-electron chi connectivity index (χ4n) is 3.28. The van der Waals surface area contributed by atoms with Crippen molar-refractivity contribution in [3.63, 3.8) is 0 Å². The van der Waals surface area contributed by atoms with Crippen molar-refractivity contribution in [1.82, 2.24) is 15.5 Å². The first-order valence-corrected chi connectivity index (χ1v) is 9.91. The molecule has 0 aliphatic carbocycles. The summed E-state index contributed by atoms with van der Waals surface area (Å²) >= 11 is 0. The van der Waals surface area contributed by atoms with E-state index in [0.29, 0.717) is 23.8 Å². The van der Waals surface area contributed by atoms with Gasteiger partial charge in [-0.25, -0.2) is 0 Å². The molecular weight excluding hydrogens is 366 g/mol. The zero-order valence-electron chi connectivity index (χ0n) is 16.8. The molecule has 6 nitrogen and oxygen atoms in total. The second-order valence-corrected chi connectivity index (χ2v) is 6.81. The summed E-state index contributed by atoms with van der Waals surface area (Å²) in [5, 5.41) is 6.42. The molecule has 1 aliphatic rings. The highest BCUT2D eigenvalue weighted by Crippen LogP contribution is 2.26. The minimum atomic E-state index is -2.89. The van der Waals surface area contributed by atoms with Crippen molar-refractivity contribution in [2.45, 2.75) is 45.3 Å². The molecule has 1 fully saturated rings. The van der Waals surface area contributed by atoms with Gasteiger partial charge in [-0.1, -0.05) is 12.8 Å². The van der Waals surface area contributed by atoms with Gasteiger partial charge in [0.15, 0.2) is 5.96 Å². The van der Waals surface area contributed by atoms with Crippen LogP contribution in [-0.2, 0) is 6.54 Å². The molecule has 1 aromatic carbocycles. The number of nitrogens with zero attached hydrogens (tertiary/aromatic N) is 2. The third-order valence-electron chi connectivity index (χ3n) is 4.80. The molecule has 0 unspecified atom stereocenters. The van der Waals surface area contributed by atoms with E-state index in [9.17, 15) is 8.78 Å². The molecule has 2 N–H and O–H groups in total. The summed E-state index contributed by atoms with van der Waals surface area (Å²) in [5.74, 6) is 1.20. The Kier molecular flexibility index (Phi) is 9.82. The maximum atomic E-state index is 12.7. The zero-order valence-corrected chi connectivity index (χ0v) is 16.8. The molecule has 0 atom stereocenters. The van der Waals surface area contributed by atoms with Crippen molar-refractivity contribution >= 4 is 5.96 Å². The second kappa shape index (κ2) is 12.4. The molecule has 158 valence electrons. The molecule has 28 heavy (non-hydrogen) atoms. The molecule has 0 aromatic heterocycles. The van der Waals surface area contributed by atoms with E-state index in [1.165, 1.54) is 51.9 Å². The van der Waals surface area contributed by atoms with Crippen molar-refractivity contribution < 1.29 is 18.3 Å². The van der Waals surface area contributed by atoms with Gasteiger partial charge >= 0.3 is 6.61 Å². The van der Waals surface area contributed by atoms with Crippen molar-refractivity contribution in [3.05, 3.63) is 23.8 Å². The normalized spacial score (nSPS) is 16.0. The summed E-state index contributed by atoms with van der Waals surface area (Å²) in [6, 6.07) is 4.88. The number of ether oxygens (including phenoxy) is 2. The Hall–Kier alpha value is -2.09. The van der Waals surface area contributed by atoms with Gasteiger partial charge in [-0.2, -0.15) is 8.78 Å². The lowest BCUT2D eigenvalue weighted by Gasteiger charge is -2.20. The number of likely N-dealkylation sites (tertiary alicyclic amines) is 1. The third kappa shape index (κ3) is 7.88. The topological polar surface area (TPSA) is 58.1 Å². The summed E-state index contributed by atoms with van der Waals surface area (Å²) in [6.07, 6.45) is 6.30. The predicted molar refractivity (Wildman–Crippen MR) is 107 cm³/mol. The summed E-state index contributed by atoms with van der Waals surface area (Å²) in [4.78, 5) is 6.72. The number of benzene rings is 1. The number of hydrogen-bond acceptors (Lipinski definition) is 4. The Bertz CT molecular complexity index is 606. The van der Waals surface area contributed by atoms with E-state index in [1.54, 1.807) is 19.2 Å². The molecule has 0 spiro atoms. The minimum Gasteiger partial charge on any atom is -0.497 e. The van der Waals surface area contributed by atoms with Crippen LogP contribution >= 0.6 is 0 Å². The maximum Gasteiger partial charge on any atom is 0.387 e. The number of nitrogens with one attached hydrogen (secondary N) is 2. The van der Waals surface area contributed by atoms with Crippen LogP contribution in [0.25, 0.3) is 0 Å². The molecule has 1 saturated heterocycles. The molecule has 0 radical (unpaired) electrons. The van der Waals surface area contributed by atoms with E-state index in [2.05, 4.69) is 25.3 Å². The lowest BCUT2D eigenvalue weighted by molar-refractivity contribution is -0.0505. The van der Waals surface area contributed by atoms with E-state index in [4.69, 9.17) is 4.74 Å². The fourth-order valence-corrected chi connectivity index (χ4v) is 3.28. The Morgan fingerprint density at radius 1 is 1.18 bits per heavy atom. The summed E-state index contributed by atoms with van der Waals surface area (Å²) in [5.41, 5.74) is 0.605. The molecule has 0 saturated carbocycles. The van der Waals surface area contributed by atoms with E-state index >= 15 is 0 Å². The third-order valence-corrected chi connectivity index (χ3v) is 4.80. The summed E-state index contributed by atoms with van der Waals surface area (Å²) < 4.78 is 35.0. The first-order chi connectivity index (χ1) is 13.6. The number of rotatable bonds is 9. The summed E-state index contributed by atoms with van der Waals surface area (Å²) in [6.45, 7) is 1.70. The largest absolute Gasteiger partial charge is 0.497 e. The Balaban J connectivity index is 1.78. The van der Waals surface area contributed by atoms with E-state index in [0.717, 1.165) is 19.5 Å². The van der Waals surface area contributed by atoms with Gasteiger partial charge in [-0.3, -0.25) is 4.99 Å². The van der Waals surface area contributed by atoms with Gasteiger partial charge in [0, 0.05) is 31.8 Å². The summed E-state index contributed by atoms with van der Waals surface area (Å²) in [7, 11) is 3.17. The molecule has 1 aromatic rings. The van der Waals surface area contributed by atoms with E-state index < -0.39 is 6.61 Å². The first kappa shape index (κ1) is 22.2. The number of guanidine groups is 1. The molecule has 1 aliphatic heterocycles. The maximum absolute atomic E-state index is 12.7. The Morgan fingerprint density at radius 2 is 1.93 bits per heavy atom. The quantitative estimate of drug-likeness (QED) is 0.380. The van der Waals surface area contributed by atoms with E-state index in [-0.39, 0.29) is 5.75 Å². The zero-order chi connectivity index (χ0) is 20.2. The van der Waals surface area contributed by atoms with E-state index in [1.807, 2.05) is 0 Å². The Morgan fingerprint density at radius 3 is 2.57 bits per heavy atom. The monoisotopic (exact) mass is 398 g/mol. The fraction of sp³-hybridized carbons (Fsp3) is 0.650. The number of alkyl halides is 2. The van der Waals surface area contributed by atoms with Crippen molar-refractivity contribution in [1.29, 1.82) is 0 Å². The molecule has 2 rings (SSSR count). The lowest BCUT2D eigenvalue weighted by Crippen LogP contribution is -2.38. The van der Waals surface area contributed by atoms with Crippen LogP contribution in [0.1, 0.15) is 37.7 Å². The van der Waals surface area contributed by atoms with Crippen LogP contribution in [-0.4, -0.2) is 57.8 Å². The van der Waals surface area contributed by atoms with Crippen LogP contribution in [0.4, 0.5) is 8.78 Å². The number of halogens is 2. The van der Waals surface area contributed by atoms with Crippen LogP contribution in [0.2, 0.25) is 0 Å². The second-order valence-electron chi connectivity index (χ2n) is 6.81. The molecule has 0 amide bonds. The van der Waals surface area contributed by atoms with Crippen LogP contribution in [0.5, 0.6) is 11.5 Å². The average molecular weight is 398 g/mol. The van der Waals surface area contributed by atoms with Crippen LogP contribution in [0.3, 0.4) is 0 Å². The molecule has 0 bridgehead atoms. The SMILES string of the molecule is CN=C(NCCCN1CCCCCC1)NCc1ccc(OC)cc1OC(F)F. The Labute approximate surface area is 166 Å². The number of hydrogen-bond donors (Lipinski definition) is 2. The van der Waals surface area contributed by atoms with Crippen LogP contribution < -0.4 is 20.1 Å². The highest BCUT2D eigenvalue weighted by Gasteiger charge is 2.12. The minimum absolute atomic E-state index is 0.0958. The molecule has 8 heteroatoms. The van der Waals surface area contributed by atoms with Gasteiger partial charge in [0.25, 0.3) is 0 Å². The molecule has 1 heterocycles. The van der Waals surface area contributed by atoms with Gasteiger partial charge in [0.05, 0.1) is 7.11 Å². The van der Waals surface area contributed by atoms with Crippen molar-refractivity contribution in [3.8, 4) is 11.5 Å². The van der Waals surface area contributed by atoms with Crippen LogP contribution in [0.15, 0.2) is 23.2 Å². The predicted octanol–water partition coefficient (Wildman–Crippen LogP) is 3.23. The van der Waals surface area contributed by atoms with Gasteiger partial charge in [0.2, 0.25) is 0 Å². The standard InChI is InChI=1S/C20H32F2N4O2/c1-23-20(24-10-7-13-26-11-5-3-4-6-12-26)25-15-16-8-9-17(27-2)14-18(16)28-19(21)22/h8-9,14,19H,3-7,10-13,15H2,1-2H3,(H2,23,24,25). The molecular formula is C20H32F2N4O2. The average Bonchev–Trinajstić information content (AvgIpc) is 2.96. The smallest absolute Gasteiger partial charge is 0.387 e. The highest BCUT2D eigenvalue weighted by atomic mass is 19.3. The number of methoxy groups -OCH3 is 1. The van der Waals surface area contributed by atoms with Crippen molar-refractivity contribution in [2.24, 2.45) is 4.99 Å². The van der Waals surface area contributed by atoms with Gasteiger partial charge in [-0.15, -0.1) is 0 Å². The van der Waals surface area contributed by atoms with Crippen LogP contribution in [0, 0.1) is 0 Å². The lowest BCUT2D eigenvalue weighted by atomic mass is 10.2. The highest BCUT2D eigenvalue weighted by molar-refractivity contribution is 5.79. The number of aliphatic imine (C=N–C) groups is 1. The van der Waals surface area contributed by atoms with Gasteiger partial charge in [-0.05, 0) is 51.0 Å². The van der Waals surface area contributed by atoms with Gasteiger partial charge < -0.3 is 25.0 Å². The van der Waals surface area contributed by atoms with Gasteiger partial charge in [0.1, 0.15) is 11.5 Å². The van der Waals surface area contributed by atoms with Crippen molar-refractivity contribution in [2.75, 3.05) is 40.3 Å². The first-order valence-electron chi connectivity index (χ1n) is 9.91.